The molecule has 2 heterocycles. The summed E-state index contributed by atoms with van der Waals surface area (Å²) in [7, 11) is 0. The first kappa shape index (κ1) is 14.5. The number of rotatable bonds is 5. The number of anilines is 1. The minimum absolute atomic E-state index is 0.0219. The molecule has 0 aliphatic carbocycles. The third-order valence-corrected chi connectivity index (χ3v) is 3.51. The number of nitro groups is 1. The average molecular weight is 304 g/mol. The number of aryl methyl sites for hydroxylation is 1. The lowest BCUT2D eigenvalue weighted by Crippen LogP contribution is -2.18. The van der Waals surface area contributed by atoms with Crippen LogP contribution in [0.15, 0.2) is 22.6 Å². The van der Waals surface area contributed by atoms with Crippen molar-refractivity contribution in [1.82, 2.24) is 10.2 Å². The molecule has 1 aromatic carbocycles. The van der Waals surface area contributed by atoms with Crippen molar-refractivity contribution in [2.24, 2.45) is 0 Å². The van der Waals surface area contributed by atoms with Crippen molar-refractivity contribution in [1.29, 1.82) is 0 Å². The third-order valence-electron chi connectivity index (χ3n) is 3.51. The van der Waals surface area contributed by atoms with Gasteiger partial charge in [0.1, 0.15) is 5.69 Å². The maximum Gasteiger partial charge on any atom is 0.293 e. The van der Waals surface area contributed by atoms with Gasteiger partial charge in [-0.2, -0.15) is 0 Å². The van der Waals surface area contributed by atoms with Gasteiger partial charge in [-0.1, -0.05) is 0 Å². The van der Waals surface area contributed by atoms with E-state index in [4.69, 9.17) is 9.15 Å². The zero-order valence-electron chi connectivity index (χ0n) is 12.1. The van der Waals surface area contributed by atoms with E-state index in [-0.39, 0.29) is 17.7 Å². The Labute approximate surface area is 126 Å². The van der Waals surface area contributed by atoms with Crippen molar-refractivity contribution >= 4 is 11.4 Å². The molecule has 2 aromatic rings. The van der Waals surface area contributed by atoms with Gasteiger partial charge in [-0.05, 0) is 25.0 Å². The van der Waals surface area contributed by atoms with Crippen LogP contribution in [0.5, 0.6) is 0 Å². The predicted molar refractivity (Wildman–Crippen MR) is 78.6 cm³/mol. The standard InChI is InChI=1S/C14H16N4O4/c1-9-16-17-14(22-9)10-4-5-12(13(7-10)18(19)20)15-8-11-3-2-6-21-11/h4-5,7,11,15H,2-3,6,8H2,1H3/t11-/m1/s1. The first-order valence-corrected chi connectivity index (χ1v) is 7.08. The van der Waals surface area contributed by atoms with Crippen LogP contribution in [0.2, 0.25) is 0 Å². The van der Waals surface area contributed by atoms with Crippen LogP contribution in [-0.4, -0.2) is 34.4 Å². The van der Waals surface area contributed by atoms with Gasteiger partial charge in [0.2, 0.25) is 11.8 Å². The van der Waals surface area contributed by atoms with Crippen LogP contribution >= 0.6 is 0 Å². The molecular formula is C14H16N4O4. The monoisotopic (exact) mass is 304 g/mol. The van der Waals surface area contributed by atoms with Gasteiger partial charge >= 0.3 is 0 Å². The lowest BCUT2D eigenvalue weighted by molar-refractivity contribution is -0.383. The van der Waals surface area contributed by atoms with Crippen molar-refractivity contribution in [3.05, 3.63) is 34.2 Å². The molecule has 0 radical (unpaired) electrons. The van der Waals surface area contributed by atoms with Gasteiger partial charge in [-0.25, -0.2) is 0 Å². The molecule has 1 atom stereocenters. The topological polar surface area (TPSA) is 103 Å². The maximum absolute atomic E-state index is 11.3. The molecule has 3 rings (SSSR count). The van der Waals surface area contributed by atoms with E-state index in [0.717, 1.165) is 19.4 Å². The largest absolute Gasteiger partial charge is 0.421 e. The molecule has 0 bridgehead atoms. The lowest BCUT2D eigenvalue weighted by Gasteiger charge is -2.12. The van der Waals surface area contributed by atoms with Gasteiger partial charge < -0.3 is 14.5 Å². The smallest absolute Gasteiger partial charge is 0.293 e. The van der Waals surface area contributed by atoms with Gasteiger partial charge in [-0.3, -0.25) is 10.1 Å². The Morgan fingerprint density at radius 3 is 2.95 bits per heavy atom. The number of hydrogen-bond donors (Lipinski definition) is 1. The van der Waals surface area contributed by atoms with Crippen LogP contribution in [0.3, 0.4) is 0 Å². The maximum atomic E-state index is 11.3. The quantitative estimate of drug-likeness (QED) is 0.668. The molecule has 0 spiro atoms. The number of nitro benzene ring substituents is 1. The highest BCUT2D eigenvalue weighted by atomic mass is 16.6. The fourth-order valence-corrected chi connectivity index (χ4v) is 2.41. The Kier molecular flexibility index (Phi) is 4.01. The minimum atomic E-state index is -0.426. The Morgan fingerprint density at radius 1 is 1.45 bits per heavy atom. The molecule has 1 aliphatic rings. The minimum Gasteiger partial charge on any atom is -0.421 e. The van der Waals surface area contributed by atoms with E-state index >= 15 is 0 Å². The third kappa shape index (κ3) is 3.06. The Bertz CT molecular complexity index is 679. The summed E-state index contributed by atoms with van der Waals surface area (Å²) in [6, 6.07) is 4.81. The van der Waals surface area contributed by atoms with Crippen molar-refractivity contribution < 1.29 is 14.1 Å². The van der Waals surface area contributed by atoms with E-state index in [1.165, 1.54) is 6.07 Å². The van der Waals surface area contributed by atoms with Crippen LogP contribution in [0.25, 0.3) is 11.5 Å². The van der Waals surface area contributed by atoms with E-state index in [2.05, 4.69) is 15.5 Å². The summed E-state index contributed by atoms with van der Waals surface area (Å²) in [6.45, 7) is 2.98. The fraction of sp³-hybridized carbons (Fsp3) is 0.429. The molecule has 0 saturated carbocycles. The predicted octanol–water partition coefficient (Wildman–Crippen LogP) is 2.54. The summed E-state index contributed by atoms with van der Waals surface area (Å²) >= 11 is 0. The number of nitrogens with zero attached hydrogens (tertiary/aromatic N) is 3. The Morgan fingerprint density at radius 2 is 2.32 bits per heavy atom. The second kappa shape index (κ2) is 6.10. The van der Waals surface area contributed by atoms with Crippen LogP contribution in [-0.2, 0) is 4.74 Å². The number of aromatic nitrogens is 2. The highest BCUT2D eigenvalue weighted by Crippen LogP contribution is 2.30. The van der Waals surface area contributed by atoms with E-state index < -0.39 is 4.92 Å². The van der Waals surface area contributed by atoms with Crippen LogP contribution < -0.4 is 5.32 Å². The summed E-state index contributed by atoms with van der Waals surface area (Å²) < 4.78 is 10.8. The summed E-state index contributed by atoms with van der Waals surface area (Å²) in [5.41, 5.74) is 0.960. The number of ether oxygens (including phenoxy) is 1. The van der Waals surface area contributed by atoms with Crippen molar-refractivity contribution in [2.45, 2.75) is 25.9 Å². The van der Waals surface area contributed by atoms with Gasteiger partial charge in [0, 0.05) is 31.7 Å². The molecule has 1 saturated heterocycles. The molecule has 0 amide bonds. The summed E-state index contributed by atoms with van der Waals surface area (Å²) in [5.74, 6) is 0.685. The molecule has 8 heteroatoms. The molecule has 1 fully saturated rings. The van der Waals surface area contributed by atoms with E-state index in [1.54, 1.807) is 19.1 Å². The van der Waals surface area contributed by atoms with Gasteiger partial charge in [-0.15, -0.1) is 10.2 Å². The number of nitrogens with one attached hydrogen (secondary N) is 1. The van der Waals surface area contributed by atoms with Crippen molar-refractivity contribution in [2.75, 3.05) is 18.5 Å². The number of benzene rings is 1. The molecule has 22 heavy (non-hydrogen) atoms. The molecular weight excluding hydrogens is 288 g/mol. The zero-order valence-corrected chi connectivity index (χ0v) is 12.1. The zero-order chi connectivity index (χ0) is 15.5. The molecule has 8 nitrogen and oxygen atoms in total. The molecule has 1 N–H and O–H groups in total. The van der Waals surface area contributed by atoms with Gasteiger partial charge in [0.15, 0.2) is 0 Å². The molecule has 1 aromatic heterocycles. The highest BCUT2D eigenvalue weighted by Gasteiger charge is 2.20. The van der Waals surface area contributed by atoms with Crippen molar-refractivity contribution in [3.8, 4) is 11.5 Å². The lowest BCUT2D eigenvalue weighted by atomic mass is 10.1. The van der Waals surface area contributed by atoms with Gasteiger partial charge in [0.05, 0.1) is 11.0 Å². The van der Waals surface area contributed by atoms with Crippen LogP contribution in [0.4, 0.5) is 11.4 Å². The van der Waals surface area contributed by atoms with Crippen LogP contribution in [0, 0.1) is 17.0 Å². The summed E-state index contributed by atoms with van der Waals surface area (Å²) in [6.07, 6.45) is 2.11. The average Bonchev–Trinajstić information content (AvgIpc) is 3.16. The summed E-state index contributed by atoms with van der Waals surface area (Å²) in [4.78, 5) is 10.8. The Balaban J connectivity index is 1.82. The summed E-state index contributed by atoms with van der Waals surface area (Å²) in [5, 5.41) is 22.0. The number of hydrogen-bond acceptors (Lipinski definition) is 7. The molecule has 0 unspecified atom stereocenters. The van der Waals surface area contributed by atoms with E-state index in [0.29, 0.717) is 23.7 Å². The normalized spacial score (nSPS) is 17.6. The first-order valence-electron chi connectivity index (χ1n) is 7.08. The van der Waals surface area contributed by atoms with E-state index in [9.17, 15) is 10.1 Å². The van der Waals surface area contributed by atoms with Crippen molar-refractivity contribution in [3.63, 3.8) is 0 Å². The molecule has 1 aliphatic heterocycles. The fourth-order valence-electron chi connectivity index (χ4n) is 2.41. The second-order valence-electron chi connectivity index (χ2n) is 5.13. The molecule has 116 valence electrons. The SMILES string of the molecule is Cc1nnc(-c2ccc(NC[C@H]3CCCO3)c([N+](=O)[O-])c2)o1. The van der Waals surface area contributed by atoms with Gasteiger partial charge in [0.25, 0.3) is 5.69 Å². The second-order valence-corrected chi connectivity index (χ2v) is 5.13. The first-order chi connectivity index (χ1) is 10.6. The Hall–Kier alpha value is -2.48. The van der Waals surface area contributed by atoms with E-state index in [1.807, 2.05) is 0 Å². The van der Waals surface area contributed by atoms with Crippen LogP contribution in [0.1, 0.15) is 18.7 Å². The highest BCUT2D eigenvalue weighted by molar-refractivity contribution is 5.69.